The average molecular weight is 342 g/mol. The Morgan fingerprint density at radius 1 is 1.00 bits per heavy atom. The molecule has 132 valence electrons. The first-order valence-electron chi connectivity index (χ1n) is 8.51. The Morgan fingerprint density at radius 3 is 2.32 bits per heavy atom. The van der Waals surface area contributed by atoms with Crippen LogP contribution in [0.2, 0.25) is 0 Å². The van der Waals surface area contributed by atoms with E-state index in [2.05, 4.69) is 6.07 Å². The quantitative estimate of drug-likeness (QED) is 0.786. The van der Waals surface area contributed by atoms with Crippen LogP contribution in [0.25, 0.3) is 0 Å². The number of benzene rings is 2. The van der Waals surface area contributed by atoms with Crippen molar-refractivity contribution in [1.29, 1.82) is 0 Å². The number of aryl methyl sites for hydroxylation is 1. The minimum atomic E-state index is -0.659. The van der Waals surface area contributed by atoms with Crippen LogP contribution in [0, 0.1) is 12.7 Å². The van der Waals surface area contributed by atoms with Crippen molar-refractivity contribution in [2.75, 3.05) is 0 Å². The molecule has 1 saturated heterocycles. The summed E-state index contributed by atoms with van der Waals surface area (Å²) in [5.41, 5.74) is 1.83. The van der Waals surface area contributed by atoms with Gasteiger partial charge in [-0.15, -0.1) is 0 Å². The van der Waals surface area contributed by atoms with Crippen molar-refractivity contribution in [2.24, 2.45) is 0 Å². The zero-order chi connectivity index (χ0) is 18.2. The second-order valence-electron chi connectivity index (χ2n) is 7.55. The smallest absolute Gasteiger partial charge is 0.489 e. The molecule has 1 aliphatic rings. The number of ether oxygens (including phenoxy) is 1. The molecule has 25 heavy (non-hydrogen) atoms. The molecule has 1 fully saturated rings. The molecule has 0 radical (unpaired) electrons. The summed E-state index contributed by atoms with van der Waals surface area (Å²) in [6.07, 6.45) is 0. The fourth-order valence-corrected chi connectivity index (χ4v) is 2.77. The first kappa shape index (κ1) is 18.0. The van der Waals surface area contributed by atoms with E-state index in [1.54, 1.807) is 6.07 Å². The van der Waals surface area contributed by atoms with E-state index in [0.29, 0.717) is 17.8 Å². The lowest BCUT2D eigenvalue weighted by molar-refractivity contribution is 0.00578. The van der Waals surface area contributed by atoms with Crippen LogP contribution in [0.5, 0.6) is 5.75 Å². The molecule has 0 aliphatic carbocycles. The molecule has 3 rings (SSSR count). The van der Waals surface area contributed by atoms with Crippen molar-refractivity contribution in [1.82, 2.24) is 0 Å². The highest BCUT2D eigenvalue weighted by atomic mass is 19.1. The molecule has 2 aromatic rings. The largest absolute Gasteiger partial charge is 0.498 e. The van der Waals surface area contributed by atoms with Gasteiger partial charge in [-0.1, -0.05) is 29.8 Å². The van der Waals surface area contributed by atoms with E-state index in [1.807, 2.05) is 52.8 Å². The molecular weight excluding hydrogens is 318 g/mol. The van der Waals surface area contributed by atoms with Crippen LogP contribution >= 0.6 is 0 Å². The average Bonchev–Trinajstić information content (AvgIpc) is 2.74. The van der Waals surface area contributed by atoms with Crippen LogP contribution in [0.4, 0.5) is 4.39 Å². The minimum Gasteiger partial charge on any atom is -0.489 e. The molecule has 0 spiro atoms. The van der Waals surface area contributed by atoms with Crippen molar-refractivity contribution in [2.45, 2.75) is 52.4 Å². The molecule has 3 nitrogen and oxygen atoms in total. The molecule has 0 amide bonds. The fraction of sp³-hybridized carbons (Fsp3) is 0.400. The maximum Gasteiger partial charge on any atom is 0.498 e. The van der Waals surface area contributed by atoms with Gasteiger partial charge < -0.3 is 14.0 Å². The molecule has 5 heteroatoms. The Hall–Kier alpha value is -1.85. The zero-order valence-electron chi connectivity index (χ0n) is 15.4. The first-order chi connectivity index (χ1) is 11.7. The molecule has 0 atom stereocenters. The molecule has 2 aromatic carbocycles. The molecule has 0 aromatic heterocycles. The number of rotatable bonds is 4. The van der Waals surface area contributed by atoms with E-state index in [1.165, 1.54) is 17.7 Å². The van der Waals surface area contributed by atoms with Gasteiger partial charge in [-0.05, 0) is 58.4 Å². The predicted molar refractivity (Wildman–Crippen MR) is 97.6 cm³/mol. The normalized spacial score (nSPS) is 18.4. The molecule has 1 aliphatic heterocycles. The van der Waals surface area contributed by atoms with Crippen LogP contribution in [0.1, 0.15) is 38.8 Å². The molecule has 0 bridgehead atoms. The van der Waals surface area contributed by atoms with Gasteiger partial charge >= 0.3 is 7.12 Å². The molecular formula is C20H24BFO3. The van der Waals surface area contributed by atoms with Crippen molar-refractivity contribution in [3.8, 4) is 5.75 Å². The van der Waals surface area contributed by atoms with Gasteiger partial charge in [0.15, 0.2) is 0 Å². The van der Waals surface area contributed by atoms with E-state index in [0.717, 1.165) is 5.56 Å². The van der Waals surface area contributed by atoms with Crippen molar-refractivity contribution < 1.29 is 18.4 Å². The topological polar surface area (TPSA) is 27.7 Å². The van der Waals surface area contributed by atoms with Crippen LogP contribution < -0.4 is 10.2 Å². The van der Waals surface area contributed by atoms with E-state index in [-0.39, 0.29) is 5.82 Å². The minimum absolute atomic E-state index is 0.340. The Balaban J connectivity index is 1.84. The third-order valence-electron chi connectivity index (χ3n) is 4.96. The van der Waals surface area contributed by atoms with E-state index in [4.69, 9.17) is 14.0 Å². The highest BCUT2D eigenvalue weighted by Crippen LogP contribution is 2.37. The van der Waals surface area contributed by atoms with Gasteiger partial charge in [0.2, 0.25) is 0 Å². The SMILES string of the molecule is Cc1cccc(COc2ccc(F)cc2B2OC(C)(C)C(C)(C)O2)c1. The van der Waals surface area contributed by atoms with Gasteiger partial charge in [-0.2, -0.15) is 0 Å². The number of hydrogen-bond acceptors (Lipinski definition) is 3. The Morgan fingerprint density at radius 2 is 1.68 bits per heavy atom. The number of hydrogen-bond donors (Lipinski definition) is 0. The summed E-state index contributed by atoms with van der Waals surface area (Å²) in [4.78, 5) is 0. The van der Waals surface area contributed by atoms with E-state index in [9.17, 15) is 4.39 Å². The third-order valence-corrected chi connectivity index (χ3v) is 4.96. The van der Waals surface area contributed by atoms with Crippen LogP contribution in [-0.4, -0.2) is 18.3 Å². The van der Waals surface area contributed by atoms with Gasteiger partial charge in [-0.3, -0.25) is 0 Å². The van der Waals surface area contributed by atoms with Crippen molar-refractivity contribution in [3.05, 3.63) is 59.4 Å². The first-order valence-corrected chi connectivity index (χ1v) is 8.51. The lowest BCUT2D eigenvalue weighted by Crippen LogP contribution is -2.41. The summed E-state index contributed by atoms with van der Waals surface area (Å²) < 4.78 is 31.9. The second-order valence-corrected chi connectivity index (χ2v) is 7.55. The monoisotopic (exact) mass is 342 g/mol. The maximum absolute atomic E-state index is 13.8. The van der Waals surface area contributed by atoms with Gasteiger partial charge in [0.1, 0.15) is 18.2 Å². The maximum atomic E-state index is 13.8. The summed E-state index contributed by atoms with van der Waals surface area (Å²) in [6, 6.07) is 12.5. The fourth-order valence-electron chi connectivity index (χ4n) is 2.77. The van der Waals surface area contributed by atoms with Crippen molar-refractivity contribution in [3.63, 3.8) is 0 Å². The Kier molecular flexibility index (Phi) is 4.65. The van der Waals surface area contributed by atoms with Crippen LogP contribution in [0.15, 0.2) is 42.5 Å². The second kappa shape index (κ2) is 6.47. The predicted octanol–water partition coefficient (Wildman–Crippen LogP) is 4.01. The van der Waals surface area contributed by atoms with Gasteiger partial charge in [0, 0.05) is 5.46 Å². The molecule has 0 unspecified atom stereocenters. The lowest BCUT2D eigenvalue weighted by Gasteiger charge is -2.32. The van der Waals surface area contributed by atoms with Crippen LogP contribution in [0.3, 0.4) is 0 Å². The summed E-state index contributed by atoms with van der Waals surface area (Å²) >= 11 is 0. The summed E-state index contributed by atoms with van der Waals surface area (Å²) in [5.74, 6) is 0.231. The summed E-state index contributed by atoms with van der Waals surface area (Å²) in [5, 5.41) is 0. The Labute approximate surface area is 149 Å². The third kappa shape index (κ3) is 3.72. The van der Waals surface area contributed by atoms with E-state index >= 15 is 0 Å². The standard InChI is InChI=1S/C20H24BFO3/c1-14-7-6-8-15(11-14)13-23-18-10-9-16(22)12-17(18)21-24-19(2,3)20(4,5)25-21/h6-12H,13H2,1-5H3. The number of halogens is 1. The summed E-state index contributed by atoms with van der Waals surface area (Å²) in [6.45, 7) is 10.3. The van der Waals surface area contributed by atoms with Crippen LogP contribution in [-0.2, 0) is 15.9 Å². The van der Waals surface area contributed by atoms with Gasteiger partial charge in [0.25, 0.3) is 0 Å². The highest BCUT2D eigenvalue weighted by Gasteiger charge is 2.52. The van der Waals surface area contributed by atoms with Gasteiger partial charge in [0.05, 0.1) is 11.2 Å². The molecule has 1 heterocycles. The van der Waals surface area contributed by atoms with Gasteiger partial charge in [-0.25, -0.2) is 4.39 Å². The molecule has 0 saturated carbocycles. The highest BCUT2D eigenvalue weighted by molar-refractivity contribution is 6.63. The Bertz CT molecular complexity index is 757. The molecule has 0 N–H and O–H groups in total. The zero-order valence-corrected chi connectivity index (χ0v) is 15.4. The summed E-state index contributed by atoms with van der Waals surface area (Å²) in [7, 11) is -0.659. The van der Waals surface area contributed by atoms with E-state index < -0.39 is 18.3 Å². The lowest BCUT2D eigenvalue weighted by atomic mass is 9.78. The van der Waals surface area contributed by atoms with Crippen molar-refractivity contribution >= 4 is 12.6 Å².